The fourth-order valence-electron chi connectivity index (χ4n) is 3.30. The van der Waals surface area contributed by atoms with Gasteiger partial charge in [-0.2, -0.15) is 0 Å². The number of methoxy groups -OCH3 is 1. The maximum Gasteiger partial charge on any atom is 0.352 e. The van der Waals surface area contributed by atoms with Crippen molar-refractivity contribution in [2.75, 3.05) is 7.11 Å². The van der Waals surface area contributed by atoms with E-state index < -0.39 is 5.69 Å². The summed E-state index contributed by atoms with van der Waals surface area (Å²) in [6, 6.07) is 18.8. The minimum absolute atomic E-state index is 0.185. The highest BCUT2D eigenvalue weighted by Gasteiger charge is 2.15. The van der Waals surface area contributed by atoms with Crippen molar-refractivity contribution in [3.63, 3.8) is 0 Å². The zero-order valence-electron chi connectivity index (χ0n) is 16.7. The van der Waals surface area contributed by atoms with Crippen LogP contribution in [0.25, 0.3) is 16.9 Å². The largest absolute Gasteiger partial charge is 0.496 e. The molecule has 1 amide bonds. The molecular weight excluding hydrogens is 382 g/mol. The van der Waals surface area contributed by atoms with E-state index in [1.165, 1.54) is 4.40 Å². The Balaban J connectivity index is 1.56. The number of ether oxygens (including phenoxy) is 1. The highest BCUT2D eigenvalue weighted by molar-refractivity contribution is 5.75. The second-order valence-corrected chi connectivity index (χ2v) is 6.78. The maximum absolute atomic E-state index is 12.7. The summed E-state index contributed by atoms with van der Waals surface area (Å²) in [6.45, 7) is 1.86. The summed E-state index contributed by atoms with van der Waals surface area (Å²) in [7, 11) is 1.58. The molecule has 152 valence electrons. The zero-order chi connectivity index (χ0) is 21.1. The van der Waals surface area contributed by atoms with Crippen LogP contribution in [0.15, 0.2) is 65.5 Å². The van der Waals surface area contributed by atoms with Gasteiger partial charge in [-0.15, -0.1) is 5.10 Å². The lowest BCUT2D eigenvalue weighted by molar-refractivity contribution is -0.122. The van der Waals surface area contributed by atoms with Crippen LogP contribution in [-0.4, -0.2) is 32.2 Å². The quantitative estimate of drug-likeness (QED) is 0.533. The number of hydrogen-bond donors (Lipinski definition) is 1. The van der Waals surface area contributed by atoms with Gasteiger partial charge < -0.3 is 10.1 Å². The monoisotopic (exact) mass is 403 g/mol. The minimum Gasteiger partial charge on any atom is -0.496 e. The summed E-state index contributed by atoms with van der Waals surface area (Å²) < 4.78 is 7.84. The lowest BCUT2D eigenvalue weighted by Crippen LogP contribution is -2.32. The van der Waals surface area contributed by atoms with Gasteiger partial charge in [0.25, 0.3) is 0 Å². The van der Waals surface area contributed by atoms with Gasteiger partial charge in [-0.25, -0.2) is 18.9 Å². The van der Waals surface area contributed by atoms with E-state index in [2.05, 4.69) is 15.4 Å². The van der Waals surface area contributed by atoms with Gasteiger partial charge in [-0.05, 0) is 13.0 Å². The SMILES string of the molecule is COc1ccccc1CNC(=O)Cn1nc2cc(-c3ccccc3)nc(C)n2c1=O. The van der Waals surface area contributed by atoms with Gasteiger partial charge in [0.15, 0.2) is 5.65 Å². The number of hydrogen-bond acceptors (Lipinski definition) is 5. The number of carbonyl (C=O) groups excluding carboxylic acids is 1. The van der Waals surface area contributed by atoms with Gasteiger partial charge >= 0.3 is 5.69 Å². The van der Waals surface area contributed by atoms with Crippen LogP contribution in [0.2, 0.25) is 0 Å². The molecule has 0 atom stereocenters. The number of amides is 1. The summed E-state index contributed by atoms with van der Waals surface area (Å²) in [5, 5.41) is 7.13. The Kier molecular flexibility index (Phi) is 5.30. The third-order valence-electron chi connectivity index (χ3n) is 4.77. The highest BCUT2D eigenvalue weighted by atomic mass is 16.5. The number of nitrogens with one attached hydrogen (secondary N) is 1. The molecule has 0 spiro atoms. The maximum atomic E-state index is 12.7. The third kappa shape index (κ3) is 3.80. The second-order valence-electron chi connectivity index (χ2n) is 6.78. The normalized spacial score (nSPS) is 10.9. The zero-order valence-corrected chi connectivity index (χ0v) is 16.7. The first kappa shape index (κ1) is 19.4. The molecule has 0 saturated heterocycles. The number of benzene rings is 2. The Hall–Kier alpha value is -3.94. The van der Waals surface area contributed by atoms with Gasteiger partial charge in [0, 0.05) is 23.7 Å². The minimum atomic E-state index is -0.401. The van der Waals surface area contributed by atoms with Crippen LogP contribution < -0.4 is 15.7 Å². The van der Waals surface area contributed by atoms with Crippen LogP contribution in [-0.2, 0) is 17.9 Å². The molecule has 0 unspecified atom stereocenters. The summed E-state index contributed by atoms with van der Waals surface area (Å²) in [6.07, 6.45) is 0. The Morgan fingerprint density at radius 3 is 2.60 bits per heavy atom. The predicted molar refractivity (Wildman–Crippen MR) is 112 cm³/mol. The van der Waals surface area contributed by atoms with Gasteiger partial charge in [0.2, 0.25) is 5.91 Å². The molecule has 0 radical (unpaired) electrons. The second kappa shape index (κ2) is 8.20. The van der Waals surface area contributed by atoms with Crippen LogP contribution in [0.1, 0.15) is 11.4 Å². The molecule has 4 rings (SSSR count). The van der Waals surface area contributed by atoms with Gasteiger partial charge in [0.1, 0.15) is 18.1 Å². The molecule has 8 nitrogen and oxygen atoms in total. The number of aryl methyl sites for hydroxylation is 1. The first-order valence-corrected chi connectivity index (χ1v) is 9.48. The van der Waals surface area contributed by atoms with E-state index in [-0.39, 0.29) is 12.5 Å². The molecule has 2 aromatic carbocycles. The van der Waals surface area contributed by atoms with Crippen molar-refractivity contribution in [2.45, 2.75) is 20.0 Å². The molecule has 4 aromatic rings. The molecule has 0 aliphatic rings. The summed E-state index contributed by atoms with van der Waals surface area (Å²) >= 11 is 0. The molecule has 2 heterocycles. The van der Waals surface area contributed by atoms with Gasteiger partial charge in [0.05, 0.1) is 12.8 Å². The fraction of sp³-hybridized carbons (Fsp3) is 0.182. The van der Waals surface area contributed by atoms with Gasteiger partial charge in [-0.3, -0.25) is 4.79 Å². The molecule has 8 heteroatoms. The van der Waals surface area contributed by atoms with Crippen LogP contribution in [0.5, 0.6) is 5.75 Å². The van der Waals surface area contributed by atoms with Gasteiger partial charge in [-0.1, -0.05) is 48.5 Å². The molecule has 0 bridgehead atoms. The number of carbonyl (C=O) groups is 1. The lowest BCUT2D eigenvalue weighted by Gasteiger charge is -2.09. The van der Waals surface area contributed by atoms with E-state index in [4.69, 9.17) is 4.74 Å². The molecular formula is C22H21N5O3. The Bertz CT molecular complexity index is 1260. The van der Waals surface area contributed by atoms with Crippen molar-refractivity contribution >= 4 is 11.6 Å². The van der Waals surface area contributed by atoms with Crippen LogP contribution in [0, 0.1) is 6.92 Å². The molecule has 0 fully saturated rings. The highest BCUT2D eigenvalue weighted by Crippen LogP contribution is 2.18. The van der Waals surface area contributed by atoms with Crippen molar-refractivity contribution in [1.82, 2.24) is 24.5 Å². The topological polar surface area (TPSA) is 90.5 Å². The van der Waals surface area contributed by atoms with E-state index in [0.29, 0.717) is 23.8 Å². The first-order chi connectivity index (χ1) is 14.6. The van der Waals surface area contributed by atoms with Crippen molar-refractivity contribution in [3.05, 3.63) is 82.5 Å². The summed E-state index contributed by atoms with van der Waals surface area (Å²) in [5.41, 5.74) is 2.55. The van der Waals surface area contributed by atoms with Crippen LogP contribution in [0.3, 0.4) is 0 Å². The Morgan fingerprint density at radius 1 is 1.10 bits per heavy atom. The van der Waals surface area contributed by atoms with E-state index in [9.17, 15) is 9.59 Å². The molecule has 0 aliphatic carbocycles. The Labute approximate surface area is 172 Å². The van der Waals surface area contributed by atoms with Crippen LogP contribution >= 0.6 is 0 Å². The van der Waals surface area contributed by atoms with Crippen molar-refractivity contribution in [3.8, 4) is 17.0 Å². The summed E-state index contributed by atoms with van der Waals surface area (Å²) in [4.78, 5) is 29.7. The first-order valence-electron chi connectivity index (χ1n) is 9.48. The number of rotatable bonds is 6. The number of fused-ring (bicyclic) bond motifs is 1. The molecule has 0 aliphatic heterocycles. The van der Waals surface area contributed by atoms with Crippen molar-refractivity contribution in [1.29, 1.82) is 0 Å². The average Bonchev–Trinajstić information content (AvgIpc) is 3.08. The Morgan fingerprint density at radius 2 is 1.83 bits per heavy atom. The van der Waals surface area contributed by atoms with E-state index in [1.807, 2.05) is 54.6 Å². The molecule has 0 saturated carbocycles. The third-order valence-corrected chi connectivity index (χ3v) is 4.77. The van der Waals surface area contributed by atoms with E-state index in [0.717, 1.165) is 21.5 Å². The summed E-state index contributed by atoms with van der Waals surface area (Å²) in [5.74, 6) is 0.884. The molecule has 2 aromatic heterocycles. The average molecular weight is 403 g/mol. The van der Waals surface area contributed by atoms with E-state index >= 15 is 0 Å². The number of nitrogens with zero attached hydrogens (tertiary/aromatic N) is 4. The van der Waals surface area contributed by atoms with Crippen molar-refractivity contribution < 1.29 is 9.53 Å². The number of aromatic nitrogens is 4. The molecule has 1 N–H and O–H groups in total. The van der Waals surface area contributed by atoms with Crippen LogP contribution in [0.4, 0.5) is 0 Å². The fourth-order valence-corrected chi connectivity index (χ4v) is 3.30. The number of para-hydroxylation sites is 1. The smallest absolute Gasteiger partial charge is 0.352 e. The molecule has 30 heavy (non-hydrogen) atoms. The predicted octanol–water partition coefficient (Wildman–Crippen LogP) is 2.19. The van der Waals surface area contributed by atoms with Crippen molar-refractivity contribution in [2.24, 2.45) is 0 Å². The standard InChI is InChI=1S/C22H21N5O3/c1-15-24-18(16-8-4-3-5-9-16)12-20-25-26(22(29)27(15)20)14-21(28)23-13-17-10-6-7-11-19(17)30-2/h3-12H,13-14H2,1-2H3,(H,23,28). The lowest BCUT2D eigenvalue weighted by atomic mass is 10.1. The van der Waals surface area contributed by atoms with E-state index in [1.54, 1.807) is 20.1 Å².